The molecular weight excluding hydrogens is 336 g/mol. The summed E-state index contributed by atoms with van der Waals surface area (Å²) in [5, 5.41) is 5.28. The van der Waals surface area contributed by atoms with Crippen molar-refractivity contribution in [2.45, 2.75) is 26.2 Å². The highest BCUT2D eigenvalue weighted by atomic mass is 35.5. The molecule has 2 heterocycles. The Balaban J connectivity index is 1.56. The molecule has 1 atom stereocenters. The van der Waals surface area contributed by atoms with Crippen LogP contribution in [0.25, 0.3) is 10.9 Å². The molecule has 1 unspecified atom stereocenters. The van der Waals surface area contributed by atoms with Crippen molar-refractivity contribution in [1.29, 1.82) is 0 Å². The number of benzene rings is 1. The third-order valence-electron chi connectivity index (χ3n) is 4.87. The summed E-state index contributed by atoms with van der Waals surface area (Å²) in [6.45, 7) is 5.71. The van der Waals surface area contributed by atoms with E-state index in [0.717, 1.165) is 72.6 Å². The van der Waals surface area contributed by atoms with Crippen LogP contribution in [0.5, 0.6) is 0 Å². The van der Waals surface area contributed by atoms with Gasteiger partial charge in [-0.25, -0.2) is 0 Å². The third kappa shape index (κ3) is 4.41. The van der Waals surface area contributed by atoms with Crippen molar-refractivity contribution in [3.05, 3.63) is 35.0 Å². The van der Waals surface area contributed by atoms with Gasteiger partial charge >= 0.3 is 0 Å². The number of fused-ring (bicyclic) bond motifs is 1. The van der Waals surface area contributed by atoms with Gasteiger partial charge in [-0.1, -0.05) is 11.6 Å². The van der Waals surface area contributed by atoms with Gasteiger partial charge in [-0.05, 0) is 63.0 Å². The number of anilines is 1. The van der Waals surface area contributed by atoms with Crippen LogP contribution in [0.15, 0.2) is 24.4 Å². The summed E-state index contributed by atoms with van der Waals surface area (Å²) < 4.78 is 0. The van der Waals surface area contributed by atoms with Gasteiger partial charge in [-0.3, -0.25) is 9.78 Å². The Morgan fingerprint density at radius 1 is 1.48 bits per heavy atom. The third-order valence-corrected chi connectivity index (χ3v) is 5.09. The molecule has 1 amide bonds. The van der Waals surface area contributed by atoms with E-state index in [0.29, 0.717) is 0 Å². The van der Waals surface area contributed by atoms with E-state index in [1.165, 1.54) is 0 Å². The monoisotopic (exact) mass is 360 g/mol. The van der Waals surface area contributed by atoms with Crippen LogP contribution in [0.4, 0.5) is 5.69 Å². The highest BCUT2D eigenvalue weighted by molar-refractivity contribution is 6.31. The summed E-state index contributed by atoms with van der Waals surface area (Å²) in [6.07, 6.45) is 4.81. The molecule has 1 aliphatic rings. The summed E-state index contributed by atoms with van der Waals surface area (Å²) in [4.78, 5) is 18.2. The lowest BCUT2D eigenvalue weighted by atomic mass is 9.97. The number of piperidine rings is 1. The first kappa shape index (κ1) is 18.0. The summed E-state index contributed by atoms with van der Waals surface area (Å²) in [6, 6.07) is 5.88. The van der Waals surface area contributed by atoms with E-state index in [-0.39, 0.29) is 11.8 Å². The van der Waals surface area contributed by atoms with Crippen LogP contribution in [0.2, 0.25) is 5.02 Å². The standard InChI is InChI=1S/C19H25ClN4O/c1-13-10-15(20)11-16-17(5-7-23-18(13)16)22-6-3-9-24-8-2-4-14(12-24)19(21)25/h5,7,10-11,14H,2-4,6,8-9,12H2,1H3,(H2,21,25)(H,22,23). The molecule has 1 aromatic carbocycles. The Bertz CT molecular complexity index is 764. The van der Waals surface area contributed by atoms with Crippen molar-refractivity contribution in [1.82, 2.24) is 9.88 Å². The maximum Gasteiger partial charge on any atom is 0.221 e. The van der Waals surface area contributed by atoms with Crippen LogP contribution >= 0.6 is 11.6 Å². The van der Waals surface area contributed by atoms with Gasteiger partial charge in [0.25, 0.3) is 0 Å². The molecule has 3 rings (SSSR count). The zero-order chi connectivity index (χ0) is 17.8. The van der Waals surface area contributed by atoms with Gasteiger partial charge < -0.3 is 16.0 Å². The van der Waals surface area contributed by atoms with Crippen molar-refractivity contribution in [2.24, 2.45) is 11.7 Å². The molecule has 5 nitrogen and oxygen atoms in total. The maximum absolute atomic E-state index is 11.4. The topological polar surface area (TPSA) is 71.2 Å². The van der Waals surface area contributed by atoms with Crippen LogP contribution in [-0.4, -0.2) is 42.0 Å². The summed E-state index contributed by atoms with van der Waals surface area (Å²) >= 11 is 6.20. The van der Waals surface area contributed by atoms with Gasteiger partial charge in [0.05, 0.1) is 11.4 Å². The number of amides is 1. The zero-order valence-electron chi connectivity index (χ0n) is 14.6. The van der Waals surface area contributed by atoms with E-state index in [9.17, 15) is 4.79 Å². The van der Waals surface area contributed by atoms with Crippen LogP contribution < -0.4 is 11.1 Å². The molecule has 134 valence electrons. The lowest BCUT2D eigenvalue weighted by molar-refractivity contribution is -0.123. The number of aromatic nitrogens is 1. The number of nitrogens with one attached hydrogen (secondary N) is 1. The van der Waals surface area contributed by atoms with Gasteiger partial charge in [0.15, 0.2) is 0 Å². The predicted molar refractivity (Wildman–Crippen MR) is 103 cm³/mol. The number of nitrogens with zero attached hydrogens (tertiary/aromatic N) is 2. The van der Waals surface area contributed by atoms with E-state index in [4.69, 9.17) is 17.3 Å². The van der Waals surface area contributed by atoms with Crippen molar-refractivity contribution >= 4 is 34.1 Å². The molecule has 1 saturated heterocycles. The molecule has 0 aliphatic carbocycles. The Morgan fingerprint density at radius 2 is 2.32 bits per heavy atom. The number of carbonyl (C=O) groups excluding carboxylic acids is 1. The molecule has 2 aromatic rings. The predicted octanol–water partition coefficient (Wildman–Crippen LogP) is 3.20. The lowest BCUT2D eigenvalue weighted by Gasteiger charge is -2.31. The Hall–Kier alpha value is -1.85. The average molecular weight is 361 g/mol. The molecule has 1 aromatic heterocycles. The number of carbonyl (C=O) groups is 1. The number of likely N-dealkylation sites (tertiary alicyclic amines) is 1. The van der Waals surface area contributed by atoms with Gasteiger partial charge in [0.1, 0.15) is 0 Å². The van der Waals surface area contributed by atoms with Gasteiger partial charge in [0.2, 0.25) is 5.91 Å². The van der Waals surface area contributed by atoms with Crippen molar-refractivity contribution in [3.63, 3.8) is 0 Å². The molecular formula is C19H25ClN4O. The minimum Gasteiger partial charge on any atom is -0.384 e. The fraction of sp³-hybridized carbons (Fsp3) is 0.474. The number of rotatable bonds is 6. The Labute approximate surface area is 153 Å². The lowest BCUT2D eigenvalue weighted by Crippen LogP contribution is -2.41. The van der Waals surface area contributed by atoms with E-state index in [2.05, 4.69) is 15.2 Å². The smallest absolute Gasteiger partial charge is 0.221 e. The van der Waals surface area contributed by atoms with Crippen LogP contribution in [0.1, 0.15) is 24.8 Å². The number of halogens is 1. The van der Waals surface area contributed by atoms with Crippen LogP contribution in [0, 0.1) is 12.8 Å². The quantitative estimate of drug-likeness (QED) is 0.776. The number of pyridine rings is 1. The molecule has 0 bridgehead atoms. The second-order valence-electron chi connectivity index (χ2n) is 6.80. The molecule has 25 heavy (non-hydrogen) atoms. The highest BCUT2D eigenvalue weighted by Crippen LogP contribution is 2.27. The number of hydrogen-bond acceptors (Lipinski definition) is 4. The van der Waals surface area contributed by atoms with Crippen molar-refractivity contribution < 1.29 is 4.79 Å². The van der Waals surface area contributed by atoms with Crippen LogP contribution in [-0.2, 0) is 4.79 Å². The van der Waals surface area contributed by atoms with E-state index in [1.54, 1.807) is 0 Å². The molecule has 1 fully saturated rings. The minimum absolute atomic E-state index is 0.0102. The highest BCUT2D eigenvalue weighted by Gasteiger charge is 2.23. The summed E-state index contributed by atoms with van der Waals surface area (Å²) in [7, 11) is 0. The number of primary amides is 1. The number of nitrogens with two attached hydrogens (primary N) is 1. The fourth-order valence-electron chi connectivity index (χ4n) is 3.56. The molecule has 0 saturated carbocycles. The molecule has 0 spiro atoms. The normalized spacial score (nSPS) is 18.4. The van der Waals surface area contributed by atoms with Gasteiger partial charge in [0, 0.05) is 35.4 Å². The summed E-state index contributed by atoms with van der Waals surface area (Å²) in [5.74, 6) is -0.158. The SMILES string of the molecule is Cc1cc(Cl)cc2c(NCCCN3CCCC(C(N)=O)C3)ccnc12. The zero-order valence-corrected chi connectivity index (χ0v) is 15.4. The average Bonchev–Trinajstić information content (AvgIpc) is 2.59. The van der Waals surface area contributed by atoms with Crippen LogP contribution in [0.3, 0.4) is 0 Å². The Morgan fingerprint density at radius 3 is 3.12 bits per heavy atom. The van der Waals surface area contributed by atoms with E-state index in [1.807, 2.05) is 31.3 Å². The number of aryl methyl sites for hydroxylation is 1. The first-order valence-electron chi connectivity index (χ1n) is 8.85. The van der Waals surface area contributed by atoms with Gasteiger partial charge in [-0.15, -0.1) is 0 Å². The molecule has 1 aliphatic heterocycles. The first-order chi connectivity index (χ1) is 12.0. The number of hydrogen-bond donors (Lipinski definition) is 2. The molecule has 0 radical (unpaired) electrons. The Kier molecular flexibility index (Phi) is 5.76. The second kappa shape index (κ2) is 8.02. The largest absolute Gasteiger partial charge is 0.384 e. The van der Waals surface area contributed by atoms with Gasteiger partial charge in [-0.2, -0.15) is 0 Å². The van der Waals surface area contributed by atoms with Crippen molar-refractivity contribution in [3.8, 4) is 0 Å². The van der Waals surface area contributed by atoms with Crippen molar-refractivity contribution in [2.75, 3.05) is 31.5 Å². The fourth-order valence-corrected chi connectivity index (χ4v) is 3.83. The molecule has 3 N–H and O–H groups in total. The minimum atomic E-state index is -0.168. The van der Waals surface area contributed by atoms with E-state index < -0.39 is 0 Å². The first-order valence-corrected chi connectivity index (χ1v) is 9.23. The molecule has 6 heteroatoms. The van der Waals surface area contributed by atoms with E-state index >= 15 is 0 Å². The maximum atomic E-state index is 11.4. The second-order valence-corrected chi connectivity index (χ2v) is 7.24. The summed E-state index contributed by atoms with van der Waals surface area (Å²) in [5.41, 5.74) is 8.56.